The number of hydrogen-bond acceptors (Lipinski definition) is 4. The first-order valence-corrected chi connectivity index (χ1v) is 25.3. The molecule has 0 aliphatic carbocycles. The zero-order valence-corrected chi connectivity index (χ0v) is 40.7. The van der Waals surface area contributed by atoms with Gasteiger partial charge in [-0.25, -0.2) is 4.98 Å². The van der Waals surface area contributed by atoms with E-state index in [1.165, 1.54) is 10.8 Å². The van der Waals surface area contributed by atoms with Gasteiger partial charge in [-0.15, -0.1) is 0 Å². The molecule has 14 rings (SSSR count). The van der Waals surface area contributed by atoms with Gasteiger partial charge < -0.3 is 9.47 Å². The van der Waals surface area contributed by atoms with E-state index in [0.717, 1.165) is 100 Å². The molecule has 6 heteroatoms. The number of anilines is 3. The van der Waals surface area contributed by atoms with Crippen molar-refractivity contribution in [3.63, 3.8) is 0 Å². The summed E-state index contributed by atoms with van der Waals surface area (Å²) in [6.45, 7) is 0. The second kappa shape index (κ2) is 18.5. The minimum Gasteiger partial charge on any atom is -0.311 e. The molecule has 0 saturated carbocycles. The standard InChI is InChI=1S/C69H46N6/c1-5-19-47(20-6-1)49-23-17-25-53(43-49)67-70-68(54-26-18-24-50(44-54)48-21-7-2-8-22-48)72-69(71-67)75-64-34-16-14-32-60(64)62-46-52(36-42-66(62)75)51-35-41-65-61(45-51)59-31-13-15-33-63(59)74(65)58-39-37-57(38-40-58)73(55-27-9-3-10-28-55)56-29-11-4-12-30-56/h1-46H. The molecular weight excluding hydrogens is 913 g/mol. The van der Waals surface area contributed by atoms with Gasteiger partial charge in [-0.05, 0) is 130 Å². The van der Waals surface area contributed by atoms with Crippen molar-refractivity contribution in [1.29, 1.82) is 0 Å². The summed E-state index contributed by atoms with van der Waals surface area (Å²) in [6, 6.07) is 98.8. The van der Waals surface area contributed by atoms with Crippen LogP contribution in [0.4, 0.5) is 17.1 Å². The highest BCUT2D eigenvalue weighted by molar-refractivity contribution is 6.12. The normalized spacial score (nSPS) is 11.5. The van der Waals surface area contributed by atoms with Gasteiger partial charge in [0, 0.05) is 55.4 Å². The average Bonchev–Trinajstić information content (AvgIpc) is 4.02. The van der Waals surface area contributed by atoms with Crippen LogP contribution in [0.3, 0.4) is 0 Å². The lowest BCUT2D eigenvalue weighted by molar-refractivity contribution is 0.953. The van der Waals surface area contributed by atoms with Crippen LogP contribution in [0, 0.1) is 0 Å². The first kappa shape index (κ1) is 43.6. The SMILES string of the molecule is c1ccc(-c2cccc(-c3nc(-c4cccc(-c5ccccc5)c4)nc(-n4c5ccccc5c5cc(-c6ccc7c(c6)c6ccccc6n7-c6ccc(N(c7ccccc7)c7ccccc7)cc6)ccc54)n3)c2)cc1. The monoisotopic (exact) mass is 958 g/mol. The molecule has 0 bridgehead atoms. The van der Waals surface area contributed by atoms with Crippen molar-refractivity contribution < 1.29 is 0 Å². The summed E-state index contributed by atoms with van der Waals surface area (Å²) in [5.74, 6) is 1.76. The average molecular weight is 959 g/mol. The van der Waals surface area contributed by atoms with Gasteiger partial charge in [-0.2, -0.15) is 9.97 Å². The Balaban J connectivity index is 0.882. The predicted molar refractivity (Wildman–Crippen MR) is 310 cm³/mol. The number of aromatic nitrogens is 5. The molecule has 3 aromatic heterocycles. The lowest BCUT2D eigenvalue weighted by atomic mass is 10.0. The van der Waals surface area contributed by atoms with Crippen LogP contribution < -0.4 is 4.90 Å². The van der Waals surface area contributed by atoms with Crippen molar-refractivity contribution in [2.24, 2.45) is 0 Å². The van der Waals surface area contributed by atoms with Gasteiger partial charge in [0.2, 0.25) is 5.95 Å². The van der Waals surface area contributed by atoms with Gasteiger partial charge in [-0.1, -0.05) is 182 Å². The van der Waals surface area contributed by atoms with Crippen LogP contribution in [0.5, 0.6) is 0 Å². The Morgan fingerprint density at radius 1 is 0.240 bits per heavy atom. The van der Waals surface area contributed by atoms with Crippen molar-refractivity contribution in [2.75, 3.05) is 4.90 Å². The summed E-state index contributed by atoms with van der Waals surface area (Å²) in [5.41, 5.74) is 17.3. The highest BCUT2D eigenvalue weighted by Gasteiger charge is 2.21. The summed E-state index contributed by atoms with van der Waals surface area (Å²) >= 11 is 0. The van der Waals surface area contributed by atoms with E-state index in [2.05, 4.69) is 281 Å². The smallest absolute Gasteiger partial charge is 0.238 e. The quantitative estimate of drug-likeness (QED) is 0.137. The summed E-state index contributed by atoms with van der Waals surface area (Å²) in [4.78, 5) is 18.2. The molecule has 0 radical (unpaired) electrons. The molecule has 0 aliphatic heterocycles. The lowest BCUT2D eigenvalue weighted by Gasteiger charge is -2.25. The minimum absolute atomic E-state index is 0.555. The molecule has 0 unspecified atom stereocenters. The minimum atomic E-state index is 0.555. The fourth-order valence-electron chi connectivity index (χ4n) is 10.8. The van der Waals surface area contributed by atoms with Gasteiger partial charge in [0.1, 0.15) is 0 Å². The highest BCUT2D eigenvalue weighted by atomic mass is 15.2. The number of fused-ring (bicyclic) bond motifs is 6. The summed E-state index contributed by atoms with van der Waals surface area (Å²) in [6.07, 6.45) is 0. The Kier molecular flexibility index (Phi) is 10.7. The lowest BCUT2D eigenvalue weighted by Crippen LogP contribution is -2.09. The van der Waals surface area contributed by atoms with Crippen molar-refractivity contribution >= 4 is 60.7 Å². The molecule has 6 nitrogen and oxygen atoms in total. The van der Waals surface area contributed by atoms with Crippen LogP contribution in [-0.4, -0.2) is 24.1 Å². The zero-order valence-electron chi connectivity index (χ0n) is 40.7. The Labute approximate surface area is 434 Å². The molecule has 3 heterocycles. The Morgan fingerprint density at radius 3 is 1.12 bits per heavy atom. The zero-order chi connectivity index (χ0) is 49.7. The van der Waals surface area contributed by atoms with E-state index in [4.69, 9.17) is 15.0 Å². The molecule has 14 aromatic rings. The predicted octanol–water partition coefficient (Wildman–Crippen LogP) is 17.9. The third-order valence-corrected chi connectivity index (χ3v) is 14.4. The van der Waals surface area contributed by atoms with Crippen LogP contribution in [0.2, 0.25) is 0 Å². The van der Waals surface area contributed by atoms with E-state index >= 15 is 0 Å². The van der Waals surface area contributed by atoms with Gasteiger partial charge in [0.25, 0.3) is 0 Å². The van der Waals surface area contributed by atoms with Crippen LogP contribution in [0.1, 0.15) is 0 Å². The van der Waals surface area contributed by atoms with E-state index in [-0.39, 0.29) is 0 Å². The van der Waals surface area contributed by atoms with E-state index in [1.807, 2.05) is 12.1 Å². The van der Waals surface area contributed by atoms with Crippen molar-refractivity contribution in [3.8, 4) is 67.8 Å². The fraction of sp³-hybridized carbons (Fsp3) is 0. The molecule has 75 heavy (non-hydrogen) atoms. The maximum absolute atomic E-state index is 5.34. The number of rotatable bonds is 10. The van der Waals surface area contributed by atoms with E-state index < -0.39 is 0 Å². The fourth-order valence-corrected chi connectivity index (χ4v) is 10.8. The Hall–Kier alpha value is -10.2. The maximum Gasteiger partial charge on any atom is 0.238 e. The molecule has 0 amide bonds. The third-order valence-electron chi connectivity index (χ3n) is 14.4. The molecule has 0 N–H and O–H groups in total. The Bertz CT molecular complexity index is 4250. The van der Waals surface area contributed by atoms with E-state index in [9.17, 15) is 0 Å². The summed E-state index contributed by atoms with van der Waals surface area (Å²) < 4.78 is 4.59. The van der Waals surface area contributed by atoms with Gasteiger partial charge in [0.15, 0.2) is 11.6 Å². The van der Waals surface area contributed by atoms with Gasteiger partial charge in [0.05, 0.1) is 22.1 Å². The Morgan fingerprint density at radius 2 is 0.613 bits per heavy atom. The molecule has 0 fully saturated rings. The number of benzene rings is 11. The number of hydrogen-bond donors (Lipinski definition) is 0. The second-order valence-corrected chi connectivity index (χ2v) is 18.9. The highest BCUT2D eigenvalue weighted by Crippen LogP contribution is 2.40. The van der Waals surface area contributed by atoms with Crippen LogP contribution in [0.25, 0.3) is 111 Å². The van der Waals surface area contributed by atoms with Gasteiger partial charge in [-0.3, -0.25) is 4.57 Å². The van der Waals surface area contributed by atoms with Gasteiger partial charge >= 0.3 is 0 Å². The molecule has 0 aliphatic rings. The molecular formula is C69H46N6. The molecule has 0 saturated heterocycles. The second-order valence-electron chi connectivity index (χ2n) is 18.9. The van der Waals surface area contributed by atoms with Crippen LogP contribution in [-0.2, 0) is 0 Å². The molecule has 0 atom stereocenters. The third kappa shape index (κ3) is 7.89. The number of nitrogens with zero attached hydrogens (tertiary/aromatic N) is 6. The largest absolute Gasteiger partial charge is 0.311 e. The maximum atomic E-state index is 5.34. The van der Waals surface area contributed by atoms with Crippen LogP contribution >= 0.6 is 0 Å². The number of para-hydroxylation sites is 4. The van der Waals surface area contributed by atoms with Crippen molar-refractivity contribution in [2.45, 2.75) is 0 Å². The molecule has 0 spiro atoms. The van der Waals surface area contributed by atoms with Crippen molar-refractivity contribution in [1.82, 2.24) is 24.1 Å². The first-order chi connectivity index (χ1) is 37.2. The molecule has 352 valence electrons. The first-order valence-electron chi connectivity index (χ1n) is 25.3. The molecule has 11 aromatic carbocycles. The summed E-state index contributed by atoms with van der Waals surface area (Å²) in [7, 11) is 0. The van der Waals surface area contributed by atoms with E-state index in [0.29, 0.717) is 17.6 Å². The van der Waals surface area contributed by atoms with Crippen LogP contribution in [0.15, 0.2) is 279 Å². The topological polar surface area (TPSA) is 51.8 Å². The van der Waals surface area contributed by atoms with E-state index in [1.54, 1.807) is 0 Å². The van der Waals surface area contributed by atoms with Crippen molar-refractivity contribution in [3.05, 3.63) is 279 Å². The summed E-state index contributed by atoms with van der Waals surface area (Å²) in [5, 5.41) is 4.64.